The first-order valence-electron chi connectivity index (χ1n) is 7.01. The Bertz CT molecular complexity index is 406. The van der Waals surface area contributed by atoms with Crippen molar-refractivity contribution in [2.24, 2.45) is 5.73 Å². The molecule has 0 aromatic heterocycles. The van der Waals surface area contributed by atoms with E-state index in [1.54, 1.807) is 0 Å². The molecule has 20 heavy (non-hydrogen) atoms. The Kier molecular flexibility index (Phi) is 7.32. The predicted molar refractivity (Wildman–Crippen MR) is 84.3 cm³/mol. The van der Waals surface area contributed by atoms with Crippen LogP contribution in [-0.2, 0) is 14.8 Å². The van der Waals surface area contributed by atoms with E-state index in [0.29, 0.717) is 37.8 Å². The maximum absolute atomic E-state index is 12.1. The van der Waals surface area contributed by atoms with Gasteiger partial charge in [0, 0.05) is 32.8 Å². The van der Waals surface area contributed by atoms with Gasteiger partial charge in [-0.3, -0.25) is 4.90 Å². The zero-order valence-electron chi connectivity index (χ0n) is 12.2. The quantitative estimate of drug-likeness (QED) is 0.502. The molecule has 0 aliphatic carbocycles. The predicted octanol–water partition coefficient (Wildman–Crippen LogP) is 0.0350. The van der Waals surface area contributed by atoms with Crippen LogP contribution in [0.4, 0.5) is 0 Å². The van der Waals surface area contributed by atoms with Gasteiger partial charge in [-0.25, -0.2) is 8.42 Å². The molecule has 6 nitrogen and oxygen atoms in total. The van der Waals surface area contributed by atoms with E-state index in [-0.39, 0.29) is 18.4 Å². The third kappa shape index (κ3) is 4.92. The first-order chi connectivity index (χ1) is 9.42. The average molecular weight is 323 g/mol. The molecule has 1 rings (SSSR count). The highest BCUT2D eigenvalue weighted by Gasteiger charge is 2.29. The lowest BCUT2D eigenvalue weighted by Gasteiger charge is -2.38. The van der Waals surface area contributed by atoms with Crippen LogP contribution >= 0.6 is 12.2 Å². The molecule has 1 aliphatic rings. The Morgan fingerprint density at radius 1 is 1.30 bits per heavy atom. The number of rotatable bonds is 8. The Labute approximate surface area is 127 Å². The van der Waals surface area contributed by atoms with Crippen molar-refractivity contribution in [2.75, 3.05) is 45.1 Å². The van der Waals surface area contributed by atoms with E-state index in [9.17, 15) is 8.42 Å². The second-order valence-corrected chi connectivity index (χ2v) is 7.33. The molecular formula is C12H25N3O3S2. The van der Waals surface area contributed by atoms with E-state index < -0.39 is 10.0 Å². The van der Waals surface area contributed by atoms with Crippen LogP contribution in [0.5, 0.6) is 0 Å². The van der Waals surface area contributed by atoms with Gasteiger partial charge in [-0.05, 0) is 13.3 Å². The highest BCUT2D eigenvalue weighted by atomic mass is 32.2. The van der Waals surface area contributed by atoms with Crippen molar-refractivity contribution >= 4 is 27.2 Å². The fourth-order valence-corrected chi connectivity index (χ4v) is 3.99. The van der Waals surface area contributed by atoms with E-state index in [4.69, 9.17) is 22.7 Å². The minimum Gasteiger partial charge on any atom is -0.392 e. The first kappa shape index (κ1) is 17.8. The van der Waals surface area contributed by atoms with Gasteiger partial charge in [0.25, 0.3) is 0 Å². The van der Waals surface area contributed by atoms with Crippen molar-refractivity contribution in [1.82, 2.24) is 9.21 Å². The number of sulfonamides is 1. The SMILES string of the molecule is CCOCCS(=O)(=O)N1CCN(C(CC)C(N)=S)CC1. The van der Waals surface area contributed by atoms with E-state index >= 15 is 0 Å². The van der Waals surface area contributed by atoms with Crippen LogP contribution in [0.25, 0.3) is 0 Å². The maximum atomic E-state index is 12.1. The lowest BCUT2D eigenvalue weighted by molar-refractivity contribution is 0.154. The second-order valence-electron chi connectivity index (χ2n) is 4.77. The van der Waals surface area contributed by atoms with E-state index in [1.807, 2.05) is 13.8 Å². The third-order valence-corrected chi connectivity index (χ3v) is 5.62. The Hall–Kier alpha value is -0.280. The molecule has 0 bridgehead atoms. The van der Waals surface area contributed by atoms with Crippen LogP contribution in [0, 0.1) is 0 Å². The lowest BCUT2D eigenvalue weighted by atomic mass is 10.1. The molecule has 0 spiro atoms. The fraction of sp³-hybridized carbons (Fsp3) is 0.917. The maximum Gasteiger partial charge on any atom is 0.216 e. The molecule has 8 heteroatoms. The number of nitrogens with two attached hydrogens (primary N) is 1. The standard InChI is InChI=1S/C12H25N3O3S2/c1-3-11(12(13)19)14-5-7-15(8-6-14)20(16,17)10-9-18-4-2/h11H,3-10H2,1-2H3,(H2,13,19). The van der Waals surface area contributed by atoms with Crippen molar-refractivity contribution < 1.29 is 13.2 Å². The summed E-state index contributed by atoms with van der Waals surface area (Å²) < 4.78 is 30.9. The summed E-state index contributed by atoms with van der Waals surface area (Å²) in [5.41, 5.74) is 5.72. The van der Waals surface area contributed by atoms with Gasteiger partial charge in [0.05, 0.1) is 23.4 Å². The number of thiocarbonyl (C=S) groups is 1. The zero-order chi connectivity index (χ0) is 15.2. The van der Waals surface area contributed by atoms with Crippen molar-refractivity contribution in [3.8, 4) is 0 Å². The van der Waals surface area contributed by atoms with Gasteiger partial charge >= 0.3 is 0 Å². The largest absolute Gasteiger partial charge is 0.392 e. The number of ether oxygens (including phenoxy) is 1. The first-order valence-corrected chi connectivity index (χ1v) is 9.03. The van der Waals surface area contributed by atoms with Gasteiger partial charge < -0.3 is 10.5 Å². The molecule has 1 fully saturated rings. The molecule has 0 aromatic rings. The van der Waals surface area contributed by atoms with Gasteiger partial charge in [0.15, 0.2) is 0 Å². The number of hydrogen-bond acceptors (Lipinski definition) is 5. The van der Waals surface area contributed by atoms with Gasteiger partial charge in [-0.1, -0.05) is 19.1 Å². The van der Waals surface area contributed by atoms with Crippen LogP contribution in [0.1, 0.15) is 20.3 Å². The molecule has 1 heterocycles. The van der Waals surface area contributed by atoms with Crippen molar-refractivity contribution in [3.63, 3.8) is 0 Å². The summed E-state index contributed by atoms with van der Waals surface area (Å²) in [5.74, 6) is 0.0490. The second kappa shape index (κ2) is 8.23. The van der Waals surface area contributed by atoms with Crippen LogP contribution < -0.4 is 5.73 Å². The summed E-state index contributed by atoms with van der Waals surface area (Å²) in [6.45, 7) is 7.01. The molecule has 1 unspecified atom stereocenters. The smallest absolute Gasteiger partial charge is 0.216 e. The number of nitrogens with zero attached hydrogens (tertiary/aromatic N) is 2. The summed E-state index contributed by atoms with van der Waals surface area (Å²) in [4.78, 5) is 2.65. The molecular weight excluding hydrogens is 298 g/mol. The van der Waals surface area contributed by atoms with E-state index in [1.165, 1.54) is 4.31 Å². The molecule has 0 radical (unpaired) electrons. The van der Waals surface area contributed by atoms with Crippen LogP contribution in [0.2, 0.25) is 0 Å². The molecule has 0 aromatic carbocycles. The summed E-state index contributed by atoms with van der Waals surface area (Å²) in [5, 5.41) is 0. The topological polar surface area (TPSA) is 75.9 Å². The van der Waals surface area contributed by atoms with Gasteiger partial charge in [0.1, 0.15) is 0 Å². The van der Waals surface area contributed by atoms with Crippen LogP contribution in [-0.4, -0.2) is 73.8 Å². The highest BCUT2D eigenvalue weighted by Crippen LogP contribution is 2.13. The van der Waals surface area contributed by atoms with E-state index in [2.05, 4.69) is 4.90 Å². The van der Waals surface area contributed by atoms with Gasteiger partial charge in [-0.15, -0.1) is 0 Å². The lowest BCUT2D eigenvalue weighted by Crippen LogP contribution is -2.55. The Balaban J connectivity index is 2.51. The molecule has 1 atom stereocenters. The molecule has 1 saturated heterocycles. The van der Waals surface area contributed by atoms with Crippen LogP contribution in [0.15, 0.2) is 0 Å². The summed E-state index contributed by atoms with van der Waals surface area (Å²) in [6, 6.07) is 0.0679. The molecule has 0 saturated carbocycles. The highest BCUT2D eigenvalue weighted by molar-refractivity contribution is 7.89. The summed E-state index contributed by atoms with van der Waals surface area (Å²) in [7, 11) is -3.21. The minimum atomic E-state index is -3.21. The zero-order valence-corrected chi connectivity index (χ0v) is 13.9. The van der Waals surface area contributed by atoms with Crippen molar-refractivity contribution in [1.29, 1.82) is 0 Å². The molecule has 0 amide bonds. The Morgan fingerprint density at radius 3 is 2.35 bits per heavy atom. The molecule has 118 valence electrons. The van der Waals surface area contributed by atoms with Gasteiger partial charge in [-0.2, -0.15) is 4.31 Å². The monoisotopic (exact) mass is 323 g/mol. The number of hydrogen-bond donors (Lipinski definition) is 1. The molecule has 2 N–H and O–H groups in total. The average Bonchev–Trinajstić information content (AvgIpc) is 2.40. The van der Waals surface area contributed by atoms with Crippen LogP contribution in [0.3, 0.4) is 0 Å². The van der Waals surface area contributed by atoms with Crippen molar-refractivity contribution in [3.05, 3.63) is 0 Å². The fourth-order valence-electron chi connectivity index (χ4n) is 2.37. The minimum absolute atomic E-state index is 0.0490. The van der Waals surface area contributed by atoms with E-state index in [0.717, 1.165) is 6.42 Å². The van der Waals surface area contributed by atoms with Gasteiger partial charge in [0.2, 0.25) is 10.0 Å². The number of piperazine rings is 1. The summed E-state index contributed by atoms with van der Waals surface area (Å²) >= 11 is 5.06. The summed E-state index contributed by atoms with van der Waals surface area (Å²) in [6.07, 6.45) is 0.854. The normalized spacial score (nSPS) is 19.9. The molecule has 1 aliphatic heterocycles. The van der Waals surface area contributed by atoms with Crippen molar-refractivity contribution in [2.45, 2.75) is 26.3 Å². The third-order valence-electron chi connectivity index (χ3n) is 3.51. The Morgan fingerprint density at radius 2 is 1.90 bits per heavy atom.